The number of nitrogens with zero attached hydrogens (tertiary/aromatic N) is 1. The Hall–Kier alpha value is -0.310. The second-order valence-electron chi connectivity index (χ2n) is 3.11. The summed E-state index contributed by atoms with van der Waals surface area (Å²) >= 11 is 11.7. The highest BCUT2D eigenvalue weighted by molar-refractivity contribution is 6.41. The molecule has 1 aromatic rings. The lowest BCUT2D eigenvalue weighted by molar-refractivity contribution is 0.588. The number of aromatic nitrogens is 1. The number of hydrogen-bond acceptors (Lipinski definition) is 2. The van der Waals surface area contributed by atoms with Crippen LogP contribution < -0.4 is 5.32 Å². The average Bonchev–Trinajstić information content (AvgIpc) is 2.07. The SMILES string of the molecule is CC(C)NCc1ccnc(Cl)c1Cl. The summed E-state index contributed by atoms with van der Waals surface area (Å²) in [5, 5.41) is 4.16. The van der Waals surface area contributed by atoms with Crippen molar-refractivity contribution >= 4 is 23.2 Å². The molecule has 0 amide bonds. The summed E-state index contributed by atoms with van der Waals surface area (Å²) in [6.45, 7) is 4.88. The Kier molecular flexibility index (Phi) is 3.97. The van der Waals surface area contributed by atoms with Crippen LogP contribution in [0.5, 0.6) is 0 Å². The molecule has 0 aliphatic carbocycles. The molecule has 2 nitrogen and oxygen atoms in total. The van der Waals surface area contributed by atoms with Crippen LogP contribution in [0.1, 0.15) is 19.4 Å². The van der Waals surface area contributed by atoms with Gasteiger partial charge in [-0.05, 0) is 11.6 Å². The predicted octanol–water partition coefficient (Wildman–Crippen LogP) is 2.89. The molecule has 0 unspecified atom stereocenters. The molecule has 0 saturated heterocycles. The van der Waals surface area contributed by atoms with Gasteiger partial charge in [0.1, 0.15) is 5.15 Å². The van der Waals surface area contributed by atoms with Gasteiger partial charge < -0.3 is 5.32 Å². The van der Waals surface area contributed by atoms with Gasteiger partial charge in [-0.1, -0.05) is 37.0 Å². The Labute approximate surface area is 88.3 Å². The van der Waals surface area contributed by atoms with E-state index >= 15 is 0 Å². The van der Waals surface area contributed by atoms with E-state index in [0.717, 1.165) is 12.1 Å². The normalized spacial score (nSPS) is 10.8. The zero-order valence-corrected chi connectivity index (χ0v) is 9.15. The molecule has 0 aromatic carbocycles. The Morgan fingerprint density at radius 3 is 2.77 bits per heavy atom. The van der Waals surface area contributed by atoms with E-state index < -0.39 is 0 Å². The molecule has 1 N–H and O–H groups in total. The van der Waals surface area contributed by atoms with Crippen molar-refractivity contribution in [1.29, 1.82) is 0 Å². The highest BCUT2D eigenvalue weighted by Gasteiger charge is 2.04. The summed E-state index contributed by atoms with van der Waals surface area (Å²) in [7, 11) is 0. The lowest BCUT2D eigenvalue weighted by Gasteiger charge is -2.09. The maximum absolute atomic E-state index is 5.94. The van der Waals surface area contributed by atoms with Crippen molar-refractivity contribution in [2.75, 3.05) is 0 Å². The lowest BCUT2D eigenvalue weighted by Crippen LogP contribution is -2.22. The highest BCUT2D eigenvalue weighted by Crippen LogP contribution is 2.22. The Morgan fingerprint density at radius 2 is 2.15 bits per heavy atom. The fourth-order valence-corrected chi connectivity index (χ4v) is 1.26. The van der Waals surface area contributed by atoms with Crippen LogP contribution in [-0.2, 0) is 6.54 Å². The zero-order chi connectivity index (χ0) is 9.84. The standard InChI is InChI=1S/C9H12Cl2N2/c1-6(2)13-5-7-3-4-12-9(11)8(7)10/h3-4,6,13H,5H2,1-2H3. The third-order valence-corrected chi connectivity index (χ3v) is 2.43. The molecule has 0 fully saturated rings. The molecule has 4 heteroatoms. The van der Waals surface area contributed by atoms with Crippen molar-refractivity contribution in [2.24, 2.45) is 0 Å². The van der Waals surface area contributed by atoms with Gasteiger partial charge >= 0.3 is 0 Å². The number of hydrogen-bond donors (Lipinski definition) is 1. The van der Waals surface area contributed by atoms with E-state index in [-0.39, 0.29) is 0 Å². The van der Waals surface area contributed by atoms with Crippen molar-refractivity contribution in [1.82, 2.24) is 10.3 Å². The molecule has 0 saturated carbocycles. The van der Waals surface area contributed by atoms with Gasteiger partial charge in [-0.25, -0.2) is 4.98 Å². The van der Waals surface area contributed by atoms with E-state index in [0.29, 0.717) is 16.2 Å². The minimum absolute atomic E-state index is 0.365. The summed E-state index contributed by atoms with van der Waals surface area (Å²) in [6.07, 6.45) is 1.66. The second-order valence-corrected chi connectivity index (χ2v) is 3.85. The molecule has 0 spiro atoms. The van der Waals surface area contributed by atoms with Gasteiger partial charge in [-0.3, -0.25) is 0 Å². The summed E-state index contributed by atoms with van der Waals surface area (Å²) in [5.74, 6) is 0. The van der Waals surface area contributed by atoms with Crippen LogP contribution in [0.4, 0.5) is 0 Å². The third kappa shape index (κ3) is 3.14. The Balaban J connectivity index is 2.71. The summed E-state index contributed by atoms with van der Waals surface area (Å²) in [5.41, 5.74) is 0.982. The molecule has 0 aliphatic heterocycles. The van der Waals surface area contributed by atoms with Crippen LogP contribution in [0.2, 0.25) is 10.2 Å². The average molecular weight is 219 g/mol. The molecule has 72 valence electrons. The minimum atomic E-state index is 0.365. The van der Waals surface area contributed by atoms with Crippen molar-refractivity contribution in [2.45, 2.75) is 26.4 Å². The molecule has 0 aliphatic rings. The molecule has 1 rings (SSSR count). The molecule has 0 radical (unpaired) electrons. The summed E-state index contributed by atoms with van der Waals surface area (Å²) < 4.78 is 0. The summed E-state index contributed by atoms with van der Waals surface area (Å²) in [4.78, 5) is 3.87. The molecule has 13 heavy (non-hydrogen) atoms. The van der Waals surface area contributed by atoms with Crippen LogP contribution in [0.25, 0.3) is 0 Å². The molecule has 1 aromatic heterocycles. The number of rotatable bonds is 3. The van der Waals surface area contributed by atoms with Gasteiger partial charge in [0, 0.05) is 18.8 Å². The largest absolute Gasteiger partial charge is 0.310 e. The van der Waals surface area contributed by atoms with E-state index in [1.807, 2.05) is 6.07 Å². The van der Waals surface area contributed by atoms with Crippen molar-refractivity contribution < 1.29 is 0 Å². The Morgan fingerprint density at radius 1 is 1.46 bits per heavy atom. The van der Waals surface area contributed by atoms with Gasteiger partial charge in [-0.15, -0.1) is 0 Å². The number of pyridine rings is 1. The Bertz CT molecular complexity index is 287. The van der Waals surface area contributed by atoms with Crippen LogP contribution in [0, 0.1) is 0 Å². The molecule has 0 bridgehead atoms. The van der Waals surface area contributed by atoms with Crippen LogP contribution in [-0.4, -0.2) is 11.0 Å². The van der Waals surface area contributed by atoms with Crippen molar-refractivity contribution in [3.8, 4) is 0 Å². The monoisotopic (exact) mass is 218 g/mol. The van der Waals surface area contributed by atoms with Gasteiger partial charge in [0.15, 0.2) is 0 Å². The van der Waals surface area contributed by atoms with Crippen molar-refractivity contribution in [3.05, 3.63) is 28.0 Å². The number of halogens is 2. The van der Waals surface area contributed by atoms with E-state index in [4.69, 9.17) is 23.2 Å². The van der Waals surface area contributed by atoms with E-state index in [1.165, 1.54) is 0 Å². The summed E-state index contributed by atoms with van der Waals surface area (Å²) in [6, 6.07) is 2.30. The first-order chi connectivity index (χ1) is 6.11. The first-order valence-corrected chi connectivity index (χ1v) is 4.89. The third-order valence-electron chi connectivity index (χ3n) is 1.63. The van der Waals surface area contributed by atoms with Crippen LogP contribution in [0.15, 0.2) is 12.3 Å². The fourth-order valence-electron chi connectivity index (χ4n) is 0.906. The second kappa shape index (κ2) is 4.80. The minimum Gasteiger partial charge on any atom is -0.310 e. The zero-order valence-electron chi connectivity index (χ0n) is 7.64. The molecule has 0 atom stereocenters. The van der Waals surface area contributed by atoms with Gasteiger partial charge in [0.05, 0.1) is 5.02 Å². The molecule has 1 heterocycles. The van der Waals surface area contributed by atoms with Gasteiger partial charge in [0.25, 0.3) is 0 Å². The topological polar surface area (TPSA) is 24.9 Å². The van der Waals surface area contributed by atoms with Crippen LogP contribution in [0.3, 0.4) is 0 Å². The van der Waals surface area contributed by atoms with E-state index in [2.05, 4.69) is 24.1 Å². The van der Waals surface area contributed by atoms with E-state index in [9.17, 15) is 0 Å². The first-order valence-electron chi connectivity index (χ1n) is 4.13. The first kappa shape index (κ1) is 10.8. The smallest absolute Gasteiger partial charge is 0.147 e. The van der Waals surface area contributed by atoms with Gasteiger partial charge in [-0.2, -0.15) is 0 Å². The quantitative estimate of drug-likeness (QED) is 0.790. The maximum atomic E-state index is 5.94. The fraction of sp³-hybridized carbons (Fsp3) is 0.444. The molecular weight excluding hydrogens is 207 g/mol. The van der Waals surface area contributed by atoms with Crippen molar-refractivity contribution in [3.63, 3.8) is 0 Å². The lowest BCUT2D eigenvalue weighted by atomic mass is 10.2. The molecular formula is C9H12Cl2N2. The highest BCUT2D eigenvalue weighted by atomic mass is 35.5. The number of nitrogens with one attached hydrogen (secondary N) is 1. The van der Waals surface area contributed by atoms with Crippen LogP contribution >= 0.6 is 23.2 Å². The maximum Gasteiger partial charge on any atom is 0.147 e. The predicted molar refractivity (Wildman–Crippen MR) is 56.2 cm³/mol. The van der Waals surface area contributed by atoms with E-state index in [1.54, 1.807) is 6.20 Å². The van der Waals surface area contributed by atoms with Gasteiger partial charge in [0.2, 0.25) is 0 Å².